The molecule has 1 fully saturated rings. The van der Waals surface area contributed by atoms with Gasteiger partial charge in [0.15, 0.2) is 0 Å². The molecule has 158 valence electrons. The van der Waals surface area contributed by atoms with Crippen LogP contribution < -0.4 is 0 Å². The number of halogens is 1. The quantitative estimate of drug-likeness (QED) is 0.285. The molecule has 32 heavy (non-hydrogen) atoms. The molecule has 5 rings (SSSR count). The summed E-state index contributed by atoms with van der Waals surface area (Å²) >= 11 is 4.49. The van der Waals surface area contributed by atoms with Crippen LogP contribution in [0.4, 0.5) is 4.79 Å². The van der Waals surface area contributed by atoms with Crippen molar-refractivity contribution in [2.75, 3.05) is 0 Å². The number of carbonyl (C=O) groups is 2. The molecule has 2 amide bonds. The fourth-order valence-electron chi connectivity index (χ4n) is 3.88. The standard InChI is InChI=1S/C26H19BrN2O2S/c27-22-12-6-4-10-19(22)17-29-25(30)24(32-26(29)31)14-20-16-28(15-18-8-2-1-3-9-18)23-13-7-5-11-21(20)23/h1-14,16H,15,17H2/b24-14-. The van der Waals surface area contributed by atoms with Crippen molar-refractivity contribution in [3.05, 3.63) is 111 Å². The first kappa shape index (κ1) is 20.8. The van der Waals surface area contributed by atoms with E-state index in [1.54, 1.807) is 0 Å². The van der Waals surface area contributed by atoms with Crippen LogP contribution in [0, 0.1) is 0 Å². The first-order valence-corrected chi connectivity index (χ1v) is 11.8. The van der Waals surface area contributed by atoms with Crippen LogP contribution in [0.15, 0.2) is 94.4 Å². The molecule has 0 N–H and O–H groups in total. The summed E-state index contributed by atoms with van der Waals surface area (Å²) in [6.07, 6.45) is 3.90. The Morgan fingerprint density at radius 2 is 1.56 bits per heavy atom. The molecule has 4 nitrogen and oxygen atoms in total. The van der Waals surface area contributed by atoms with Gasteiger partial charge in [0.1, 0.15) is 0 Å². The van der Waals surface area contributed by atoms with E-state index in [-0.39, 0.29) is 17.7 Å². The van der Waals surface area contributed by atoms with Crippen LogP contribution >= 0.6 is 27.7 Å². The summed E-state index contributed by atoms with van der Waals surface area (Å²) < 4.78 is 3.06. The highest BCUT2D eigenvalue weighted by atomic mass is 79.9. The van der Waals surface area contributed by atoms with Gasteiger partial charge in [0.05, 0.1) is 11.4 Å². The van der Waals surface area contributed by atoms with Gasteiger partial charge in [-0.2, -0.15) is 0 Å². The van der Waals surface area contributed by atoms with Gasteiger partial charge in [0, 0.05) is 33.7 Å². The maximum Gasteiger partial charge on any atom is 0.293 e. The Bertz CT molecular complexity index is 1360. The number of benzene rings is 3. The highest BCUT2D eigenvalue weighted by molar-refractivity contribution is 9.10. The Morgan fingerprint density at radius 1 is 0.844 bits per heavy atom. The predicted octanol–water partition coefficient (Wildman–Crippen LogP) is 6.69. The zero-order valence-electron chi connectivity index (χ0n) is 17.1. The lowest BCUT2D eigenvalue weighted by molar-refractivity contribution is -0.123. The van der Waals surface area contributed by atoms with E-state index in [9.17, 15) is 9.59 Å². The third kappa shape index (κ3) is 4.04. The topological polar surface area (TPSA) is 42.3 Å². The molecule has 0 unspecified atom stereocenters. The first-order valence-electron chi connectivity index (χ1n) is 10.2. The van der Waals surface area contributed by atoms with E-state index in [0.717, 1.165) is 44.8 Å². The number of carbonyl (C=O) groups excluding carboxylic acids is 2. The molecule has 2 heterocycles. The Kier molecular flexibility index (Phi) is 5.72. The minimum atomic E-state index is -0.254. The number of hydrogen-bond donors (Lipinski definition) is 0. The smallest absolute Gasteiger partial charge is 0.293 e. The van der Waals surface area contributed by atoms with Gasteiger partial charge in [0.2, 0.25) is 0 Å². The SMILES string of the molecule is O=C1S/C(=C\c2cn(Cc3ccccc3)c3ccccc23)C(=O)N1Cc1ccccc1Br. The van der Waals surface area contributed by atoms with E-state index in [2.05, 4.69) is 44.9 Å². The highest BCUT2D eigenvalue weighted by Crippen LogP contribution is 2.35. The van der Waals surface area contributed by atoms with Crippen LogP contribution in [0.5, 0.6) is 0 Å². The van der Waals surface area contributed by atoms with Crippen LogP contribution in [-0.4, -0.2) is 20.6 Å². The summed E-state index contributed by atoms with van der Waals surface area (Å²) in [7, 11) is 0. The lowest BCUT2D eigenvalue weighted by Gasteiger charge is -2.13. The zero-order valence-corrected chi connectivity index (χ0v) is 19.5. The van der Waals surface area contributed by atoms with Crippen molar-refractivity contribution in [2.45, 2.75) is 13.1 Å². The fourth-order valence-corrected chi connectivity index (χ4v) is 5.11. The average Bonchev–Trinajstić information content (AvgIpc) is 3.28. The van der Waals surface area contributed by atoms with E-state index < -0.39 is 0 Å². The van der Waals surface area contributed by atoms with Crippen molar-refractivity contribution in [1.29, 1.82) is 0 Å². The summed E-state index contributed by atoms with van der Waals surface area (Å²) in [6, 6.07) is 26.0. The van der Waals surface area contributed by atoms with Crippen molar-refractivity contribution in [3.63, 3.8) is 0 Å². The van der Waals surface area contributed by atoms with Gasteiger partial charge in [-0.05, 0) is 41.1 Å². The molecular weight excluding hydrogens is 484 g/mol. The van der Waals surface area contributed by atoms with Crippen molar-refractivity contribution in [1.82, 2.24) is 9.47 Å². The maximum atomic E-state index is 13.1. The second kappa shape index (κ2) is 8.81. The summed E-state index contributed by atoms with van der Waals surface area (Å²) in [5.74, 6) is -0.254. The minimum Gasteiger partial charge on any atom is -0.342 e. The fraction of sp³-hybridized carbons (Fsp3) is 0.0769. The van der Waals surface area contributed by atoms with Gasteiger partial charge in [-0.3, -0.25) is 14.5 Å². The van der Waals surface area contributed by atoms with E-state index >= 15 is 0 Å². The van der Waals surface area contributed by atoms with E-state index in [4.69, 9.17) is 0 Å². The monoisotopic (exact) mass is 502 g/mol. The molecule has 1 aliphatic heterocycles. The molecular formula is C26H19BrN2O2S. The lowest BCUT2D eigenvalue weighted by Crippen LogP contribution is -2.27. The van der Waals surface area contributed by atoms with Gasteiger partial charge in [-0.25, -0.2) is 0 Å². The molecule has 0 spiro atoms. The number of fused-ring (bicyclic) bond motifs is 1. The second-order valence-corrected chi connectivity index (χ2v) is 9.42. The van der Waals surface area contributed by atoms with Crippen molar-refractivity contribution in [2.24, 2.45) is 0 Å². The van der Waals surface area contributed by atoms with Crippen LogP contribution in [0.3, 0.4) is 0 Å². The largest absolute Gasteiger partial charge is 0.342 e. The van der Waals surface area contributed by atoms with Crippen LogP contribution in [0.1, 0.15) is 16.7 Å². The van der Waals surface area contributed by atoms with Gasteiger partial charge >= 0.3 is 0 Å². The molecule has 0 aliphatic carbocycles. The first-order chi connectivity index (χ1) is 15.6. The second-order valence-electron chi connectivity index (χ2n) is 7.57. The Balaban J connectivity index is 1.47. The number of hydrogen-bond acceptors (Lipinski definition) is 3. The van der Waals surface area contributed by atoms with Gasteiger partial charge in [-0.15, -0.1) is 0 Å². The molecule has 0 radical (unpaired) electrons. The van der Waals surface area contributed by atoms with E-state index in [1.165, 1.54) is 10.5 Å². The number of para-hydroxylation sites is 1. The number of amides is 2. The summed E-state index contributed by atoms with van der Waals surface area (Å²) in [5, 5.41) is 0.811. The van der Waals surface area contributed by atoms with Crippen molar-refractivity contribution in [3.8, 4) is 0 Å². The summed E-state index contributed by atoms with van der Waals surface area (Å²) in [5.41, 5.74) is 4.13. The third-order valence-electron chi connectivity index (χ3n) is 5.46. The minimum absolute atomic E-state index is 0.245. The highest BCUT2D eigenvalue weighted by Gasteiger charge is 2.35. The zero-order chi connectivity index (χ0) is 22.1. The number of thioether (sulfide) groups is 1. The Morgan fingerprint density at radius 3 is 2.38 bits per heavy atom. The van der Waals surface area contributed by atoms with E-state index in [1.807, 2.05) is 66.7 Å². The predicted molar refractivity (Wildman–Crippen MR) is 133 cm³/mol. The summed E-state index contributed by atoms with van der Waals surface area (Å²) in [6.45, 7) is 0.984. The van der Waals surface area contributed by atoms with Gasteiger partial charge in [-0.1, -0.05) is 82.7 Å². The number of nitrogens with zero attached hydrogens (tertiary/aromatic N) is 2. The van der Waals surface area contributed by atoms with Crippen LogP contribution in [-0.2, 0) is 17.9 Å². The Labute approximate surface area is 198 Å². The Hall–Kier alpha value is -3.09. The molecule has 1 saturated heterocycles. The molecule has 0 bridgehead atoms. The molecule has 6 heteroatoms. The van der Waals surface area contributed by atoms with Gasteiger partial charge < -0.3 is 4.57 Å². The van der Waals surface area contributed by atoms with E-state index in [0.29, 0.717) is 4.91 Å². The normalized spacial score (nSPS) is 15.3. The van der Waals surface area contributed by atoms with Crippen molar-refractivity contribution < 1.29 is 9.59 Å². The number of aromatic nitrogens is 1. The van der Waals surface area contributed by atoms with Crippen LogP contribution in [0.2, 0.25) is 0 Å². The van der Waals surface area contributed by atoms with Crippen molar-refractivity contribution >= 4 is 55.8 Å². The number of imide groups is 1. The molecule has 1 aliphatic rings. The molecule has 0 saturated carbocycles. The molecule has 3 aromatic carbocycles. The molecule has 1 aromatic heterocycles. The molecule has 0 atom stereocenters. The number of rotatable bonds is 5. The maximum absolute atomic E-state index is 13.1. The van der Waals surface area contributed by atoms with Crippen LogP contribution in [0.25, 0.3) is 17.0 Å². The van der Waals surface area contributed by atoms with Gasteiger partial charge in [0.25, 0.3) is 11.1 Å². The summed E-state index contributed by atoms with van der Waals surface area (Å²) in [4.78, 5) is 27.4. The lowest BCUT2D eigenvalue weighted by atomic mass is 10.1. The molecule has 4 aromatic rings. The average molecular weight is 503 g/mol. The third-order valence-corrected chi connectivity index (χ3v) is 7.14.